The first-order chi connectivity index (χ1) is 7.15. The molecule has 0 aromatic heterocycles. The molecule has 0 unspecified atom stereocenters. The van der Waals surface area contributed by atoms with Gasteiger partial charge in [-0.1, -0.05) is 0 Å². The SMILES string of the molecule is COC(=O)c1ccc(C#N)c(O)c1CO. The lowest BCUT2D eigenvalue weighted by Gasteiger charge is -2.08. The van der Waals surface area contributed by atoms with Crippen molar-refractivity contribution in [1.82, 2.24) is 0 Å². The van der Waals surface area contributed by atoms with Gasteiger partial charge >= 0.3 is 5.97 Å². The average molecular weight is 207 g/mol. The number of carbonyl (C=O) groups excluding carboxylic acids is 1. The van der Waals surface area contributed by atoms with Crippen LogP contribution in [0.15, 0.2) is 12.1 Å². The Hall–Kier alpha value is -2.06. The van der Waals surface area contributed by atoms with Gasteiger partial charge in [-0.15, -0.1) is 0 Å². The van der Waals surface area contributed by atoms with Gasteiger partial charge in [0.15, 0.2) is 0 Å². The molecule has 0 heterocycles. The second kappa shape index (κ2) is 4.44. The average Bonchev–Trinajstić information content (AvgIpc) is 2.27. The van der Waals surface area contributed by atoms with Crippen LogP contribution in [0.25, 0.3) is 0 Å². The van der Waals surface area contributed by atoms with Crippen LogP contribution in [0.3, 0.4) is 0 Å². The standard InChI is InChI=1S/C10H9NO4/c1-15-10(14)7-3-2-6(4-11)9(13)8(7)5-12/h2-3,12-13H,5H2,1H3. The first-order valence-electron chi connectivity index (χ1n) is 4.09. The minimum Gasteiger partial charge on any atom is -0.506 e. The topological polar surface area (TPSA) is 90.6 Å². The lowest BCUT2D eigenvalue weighted by molar-refractivity contribution is 0.0596. The fourth-order valence-corrected chi connectivity index (χ4v) is 1.19. The number of hydrogen-bond donors (Lipinski definition) is 2. The van der Waals surface area contributed by atoms with Crippen molar-refractivity contribution in [3.8, 4) is 11.8 Å². The molecular weight excluding hydrogens is 198 g/mol. The monoisotopic (exact) mass is 207 g/mol. The van der Waals surface area contributed by atoms with Gasteiger partial charge in [0.1, 0.15) is 11.8 Å². The third-order valence-electron chi connectivity index (χ3n) is 1.97. The lowest BCUT2D eigenvalue weighted by Crippen LogP contribution is -2.06. The maximum absolute atomic E-state index is 11.2. The second-order valence-electron chi connectivity index (χ2n) is 2.75. The summed E-state index contributed by atoms with van der Waals surface area (Å²) in [6, 6.07) is 4.36. The summed E-state index contributed by atoms with van der Waals surface area (Å²) in [4.78, 5) is 11.2. The van der Waals surface area contributed by atoms with Gasteiger partial charge < -0.3 is 14.9 Å². The molecule has 1 aromatic carbocycles. The van der Waals surface area contributed by atoms with Crippen molar-refractivity contribution in [2.24, 2.45) is 0 Å². The van der Waals surface area contributed by atoms with Gasteiger partial charge in [-0.25, -0.2) is 4.79 Å². The Balaban J connectivity index is 3.39. The minimum absolute atomic E-state index is 0.000833. The number of carbonyl (C=O) groups is 1. The molecule has 2 N–H and O–H groups in total. The van der Waals surface area contributed by atoms with Crippen LogP contribution in [0, 0.1) is 11.3 Å². The number of rotatable bonds is 2. The number of aliphatic hydroxyl groups excluding tert-OH is 1. The van der Waals surface area contributed by atoms with E-state index < -0.39 is 12.6 Å². The van der Waals surface area contributed by atoms with Crippen molar-refractivity contribution in [2.75, 3.05) is 7.11 Å². The predicted octanol–water partition coefficient (Wildman–Crippen LogP) is 0.543. The predicted molar refractivity (Wildman–Crippen MR) is 50.1 cm³/mol. The highest BCUT2D eigenvalue weighted by Gasteiger charge is 2.17. The maximum Gasteiger partial charge on any atom is 0.338 e. The number of phenols is 1. The molecule has 5 nitrogen and oxygen atoms in total. The van der Waals surface area contributed by atoms with Crippen molar-refractivity contribution in [3.63, 3.8) is 0 Å². The van der Waals surface area contributed by atoms with Crippen LogP contribution in [0.5, 0.6) is 5.75 Å². The van der Waals surface area contributed by atoms with Crippen molar-refractivity contribution in [3.05, 3.63) is 28.8 Å². The van der Waals surface area contributed by atoms with Crippen molar-refractivity contribution < 1.29 is 19.7 Å². The van der Waals surface area contributed by atoms with Crippen molar-refractivity contribution >= 4 is 5.97 Å². The van der Waals surface area contributed by atoms with Crippen LogP contribution >= 0.6 is 0 Å². The van der Waals surface area contributed by atoms with E-state index in [2.05, 4.69) is 4.74 Å². The van der Waals surface area contributed by atoms with Gasteiger partial charge in [-0.3, -0.25) is 0 Å². The van der Waals surface area contributed by atoms with E-state index in [-0.39, 0.29) is 22.4 Å². The van der Waals surface area contributed by atoms with Crippen LogP contribution in [0.4, 0.5) is 0 Å². The van der Waals surface area contributed by atoms with Crippen LogP contribution in [0.2, 0.25) is 0 Å². The number of methoxy groups -OCH3 is 1. The molecule has 0 aliphatic rings. The molecule has 0 spiro atoms. The first kappa shape index (κ1) is 11.0. The summed E-state index contributed by atoms with van der Waals surface area (Å²) in [7, 11) is 1.19. The molecule has 0 aliphatic heterocycles. The fourth-order valence-electron chi connectivity index (χ4n) is 1.19. The number of hydrogen-bond acceptors (Lipinski definition) is 5. The molecule has 0 aliphatic carbocycles. The van der Waals surface area contributed by atoms with Crippen LogP contribution in [-0.2, 0) is 11.3 Å². The number of nitrogens with zero attached hydrogens (tertiary/aromatic N) is 1. The van der Waals surface area contributed by atoms with E-state index >= 15 is 0 Å². The first-order valence-corrected chi connectivity index (χ1v) is 4.09. The van der Waals surface area contributed by atoms with Gasteiger partial charge in [0.2, 0.25) is 0 Å². The fraction of sp³-hybridized carbons (Fsp3) is 0.200. The van der Waals surface area contributed by atoms with Gasteiger partial charge in [0.05, 0.1) is 24.8 Å². The Morgan fingerprint density at radius 3 is 2.73 bits per heavy atom. The largest absolute Gasteiger partial charge is 0.506 e. The summed E-state index contributed by atoms with van der Waals surface area (Å²) < 4.78 is 4.46. The molecule has 5 heteroatoms. The maximum atomic E-state index is 11.2. The number of ether oxygens (including phenoxy) is 1. The molecule has 0 fully saturated rings. The number of nitriles is 1. The van der Waals surface area contributed by atoms with E-state index in [0.29, 0.717) is 0 Å². The summed E-state index contributed by atoms with van der Waals surface area (Å²) >= 11 is 0. The molecule has 0 saturated carbocycles. The Morgan fingerprint density at radius 2 is 2.27 bits per heavy atom. The highest BCUT2D eigenvalue weighted by Crippen LogP contribution is 2.26. The number of aliphatic hydroxyl groups is 1. The van der Waals surface area contributed by atoms with Crippen molar-refractivity contribution in [2.45, 2.75) is 6.61 Å². The normalized spacial score (nSPS) is 9.40. The zero-order valence-corrected chi connectivity index (χ0v) is 8.02. The Kier molecular flexibility index (Phi) is 3.26. The van der Waals surface area contributed by atoms with E-state index in [1.54, 1.807) is 6.07 Å². The lowest BCUT2D eigenvalue weighted by atomic mass is 10.0. The van der Waals surface area contributed by atoms with Gasteiger partial charge in [0.25, 0.3) is 0 Å². The Labute approximate surface area is 86.1 Å². The second-order valence-corrected chi connectivity index (χ2v) is 2.75. The van der Waals surface area contributed by atoms with Crippen LogP contribution < -0.4 is 0 Å². The van der Waals surface area contributed by atoms with E-state index in [0.717, 1.165) is 0 Å². The zero-order valence-electron chi connectivity index (χ0n) is 8.02. The van der Waals surface area contributed by atoms with Gasteiger partial charge in [-0.05, 0) is 12.1 Å². The summed E-state index contributed by atoms with van der Waals surface area (Å²) in [5.41, 5.74) is 0.0594. The van der Waals surface area contributed by atoms with Crippen LogP contribution in [0.1, 0.15) is 21.5 Å². The van der Waals surface area contributed by atoms with E-state index in [9.17, 15) is 9.90 Å². The molecule has 1 aromatic rings. The van der Waals surface area contributed by atoms with Crippen LogP contribution in [-0.4, -0.2) is 23.3 Å². The summed E-state index contributed by atoms with van der Waals surface area (Å²) in [6.45, 7) is -0.536. The minimum atomic E-state index is -0.668. The molecule has 1 rings (SSSR count). The third-order valence-corrected chi connectivity index (χ3v) is 1.97. The highest BCUT2D eigenvalue weighted by molar-refractivity contribution is 5.92. The zero-order chi connectivity index (χ0) is 11.4. The molecule has 0 radical (unpaired) electrons. The number of aromatic hydroxyl groups is 1. The Morgan fingerprint density at radius 1 is 1.60 bits per heavy atom. The summed E-state index contributed by atoms with van der Waals surface area (Å²) in [6.07, 6.45) is 0. The van der Waals surface area contributed by atoms with E-state index in [1.807, 2.05) is 0 Å². The van der Waals surface area contributed by atoms with Gasteiger partial charge in [0, 0.05) is 5.56 Å². The summed E-state index contributed by atoms with van der Waals surface area (Å²) in [5.74, 6) is -1.05. The van der Waals surface area contributed by atoms with Gasteiger partial charge in [-0.2, -0.15) is 5.26 Å². The molecular formula is C10H9NO4. The highest BCUT2D eigenvalue weighted by atomic mass is 16.5. The van der Waals surface area contributed by atoms with E-state index in [4.69, 9.17) is 10.4 Å². The molecule has 0 bridgehead atoms. The smallest absolute Gasteiger partial charge is 0.338 e. The summed E-state index contributed by atoms with van der Waals surface area (Å²) in [5, 5.41) is 27.1. The number of esters is 1. The third kappa shape index (κ3) is 1.90. The number of benzene rings is 1. The quantitative estimate of drug-likeness (QED) is 0.691. The molecule has 0 amide bonds. The Bertz CT molecular complexity index is 434. The molecule has 78 valence electrons. The molecule has 0 atom stereocenters. The molecule has 0 saturated heterocycles. The van der Waals surface area contributed by atoms with E-state index in [1.165, 1.54) is 19.2 Å². The van der Waals surface area contributed by atoms with Crippen molar-refractivity contribution in [1.29, 1.82) is 5.26 Å². The molecule has 15 heavy (non-hydrogen) atoms.